The van der Waals surface area contributed by atoms with Crippen molar-refractivity contribution in [3.8, 4) is 0 Å². The van der Waals surface area contributed by atoms with Crippen LogP contribution in [0.2, 0.25) is 0 Å². The minimum atomic E-state index is -1.17. The molecule has 0 atom stereocenters. The molecule has 0 aromatic heterocycles. The first kappa shape index (κ1) is 20.8. The van der Waals surface area contributed by atoms with E-state index in [9.17, 15) is 14.4 Å². The molecule has 4 rings (SSSR count). The Morgan fingerprint density at radius 2 is 1.22 bits per heavy atom. The number of esters is 1. The standard InChI is InChI=1S/C26H20N2O4/c1-3-23(29)27-19-13-9-17(10-14-19)26(22-8-6-5-7-21(22)25(31)32-26)18-11-15-20(16-12-18)28-24(30)4-2/h3-16H,1-2H2,(H,27,29)(H,28,30). The number of amides is 2. The highest BCUT2D eigenvalue weighted by Gasteiger charge is 2.48. The average molecular weight is 424 g/mol. The second kappa shape index (κ2) is 8.35. The molecule has 158 valence electrons. The number of fused-ring (bicyclic) bond motifs is 1. The molecule has 0 bridgehead atoms. The first-order valence-corrected chi connectivity index (χ1v) is 9.88. The SMILES string of the molecule is C=CC(=O)Nc1ccc(C2(c3ccc(NC(=O)C=C)cc3)OC(=O)c3ccccc32)cc1. The van der Waals surface area contributed by atoms with Crippen LogP contribution in [-0.4, -0.2) is 17.8 Å². The van der Waals surface area contributed by atoms with Crippen molar-refractivity contribution in [2.75, 3.05) is 10.6 Å². The summed E-state index contributed by atoms with van der Waals surface area (Å²) in [7, 11) is 0. The fourth-order valence-electron chi connectivity index (χ4n) is 3.78. The fourth-order valence-corrected chi connectivity index (χ4v) is 3.78. The Kier molecular flexibility index (Phi) is 5.43. The highest BCUT2D eigenvalue weighted by Crippen LogP contribution is 2.47. The third kappa shape index (κ3) is 3.58. The summed E-state index contributed by atoms with van der Waals surface area (Å²) in [5.74, 6) is -1.06. The summed E-state index contributed by atoms with van der Waals surface area (Å²) >= 11 is 0. The van der Waals surface area contributed by atoms with E-state index in [-0.39, 0.29) is 11.8 Å². The number of benzene rings is 3. The van der Waals surface area contributed by atoms with Crippen LogP contribution in [0, 0.1) is 0 Å². The van der Waals surface area contributed by atoms with Gasteiger partial charge in [0.05, 0.1) is 5.56 Å². The van der Waals surface area contributed by atoms with Crippen molar-refractivity contribution in [3.63, 3.8) is 0 Å². The lowest BCUT2D eigenvalue weighted by molar-refractivity contribution is -0.112. The smallest absolute Gasteiger partial charge is 0.340 e. The zero-order chi connectivity index (χ0) is 22.7. The maximum atomic E-state index is 12.8. The Morgan fingerprint density at radius 3 is 1.69 bits per heavy atom. The van der Waals surface area contributed by atoms with Gasteiger partial charge in [-0.25, -0.2) is 4.79 Å². The predicted octanol–water partition coefficient (Wildman–Crippen LogP) is 4.40. The van der Waals surface area contributed by atoms with Crippen molar-refractivity contribution in [2.24, 2.45) is 0 Å². The van der Waals surface area contributed by atoms with Crippen molar-refractivity contribution in [1.82, 2.24) is 0 Å². The zero-order valence-electron chi connectivity index (χ0n) is 17.1. The molecule has 0 aliphatic carbocycles. The molecule has 3 aromatic rings. The van der Waals surface area contributed by atoms with Crippen molar-refractivity contribution >= 4 is 29.2 Å². The van der Waals surface area contributed by atoms with Crippen LogP contribution in [0.25, 0.3) is 0 Å². The number of hydrogen-bond acceptors (Lipinski definition) is 4. The molecule has 0 fully saturated rings. The van der Waals surface area contributed by atoms with Crippen LogP contribution in [-0.2, 0) is 19.9 Å². The second-order valence-corrected chi connectivity index (χ2v) is 7.16. The number of carbonyl (C=O) groups excluding carboxylic acids is 3. The fraction of sp³-hybridized carbons (Fsp3) is 0.0385. The van der Waals surface area contributed by atoms with Gasteiger partial charge in [-0.1, -0.05) is 55.6 Å². The van der Waals surface area contributed by atoms with E-state index >= 15 is 0 Å². The Morgan fingerprint density at radius 1 is 0.750 bits per heavy atom. The normalized spacial score (nSPS) is 13.4. The number of nitrogens with one attached hydrogen (secondary N) is 2. The molecule has 0 spiro atoms. The van der Waals surface area contributed by atoms with Crippen molar-refractivity contribution < 1.29 is 19.1 Å². The summed E-state index contributed by atoms with van der Waals surface area (Å²) in [4.78, 5) is 36.0. The number of anilines is 2. The van der Waals surface area contributed by atoms with Gasteiger partial charge in [-0.05, 0) is 42.5 Å². The lowest BCUT2D eigenvalue weighted by Gasteiger charge is -2.30. The molecule has 6 heteroatoms. The molecular formula is C26H20N2O4. The van der Waals surface area contributed by atoms with Crippen molar-refractivity contribution in [2.45, 2.75) is 5.60 Å². The second-order valence-electron chi connectivity index (χ2n) is 7.16. The topological polar surface area (TPSA) is 84.5 Å². The van der Waals surface area contributed by atoms with Gasteiger partial charge in [-0.3, -0.25) is 9.59 Å². The van der Waals surface area contributed by atoms with E-state index < -0.39 is 11.6 Å². The monoisotopic (exact) mass is 424 g/mol. The minimum absolute atomic E-state index is 0.317. The Bertz CT molecular complexity index is 1160. The van der Waals surface area contributed by atoms with Crippen molar-refractivity contribution in [3.05, 3.63) is 120 Å². The first-order valence-electron chi connectivity index (χ1n) is 9.88. The van der Waals surface area contributed by atoms with Crippen LogP contribution >= 0.6 is 0 Å². The molecule has 0 saturated carbocycles. The number of carbonyl (C=O) groups is 3. The Hall–Kier alpha value is -4.45. The van der Waals surface area contributed by atoms with Gasteiger partial charge in [-0.2, -0.15) is 0 Å². The number of rotatable bonds is 6. The highest BCUT2D eigenvalue weighted by molar-refractivity contribution is 6.00. The van der Waals surface area contributed by atoms with Crippen LogP contribution in [0.3, 0.4) is 0 Å². The van der Waals surface area contributed by atoms with Crippen LogP contribution in [0.1, 0.15) is 27.0 Å². The molecule has 6 nitrogen and oxygen atoms in total. The first-order chi connectivity index (χ1) is 15.5. The van der Waals surface area contributed by atoms with E-state index in [1.165, 1.54) is 12.2 Å². The molecule has 1 aliphatic rings. The summed E-state index contributed by atoms with van der Waals surface area (Å²) in [6, 6.07) is 21.4. The molecule has 2 amide bonds. The quantitative estimate of drug-likeness (QED) is 0.454. The zero-order valence-corrected chi connectivity index (χ0v) is 17.1. The van der Waals surface area contributed by atoms with E-state index in [2.05, 4.69) is 23.8 Å². The summed E-state index contributed by atoms with van der Waals surface area (Å²) in [6.07, 6.45) is 2.38. The summed E-state index contributed by atoms with van der Waals surface area (Å²) in [5, 5.41) is 5.42. The van der Waals surface area contributed by atoms with Crippen molar-refractivity contribution in [1.29, 1.82) is 0 Å². The van der Waals surface area contributed by atoms with Crippen LogP contribution < -0.4 is 10.6 Å². The molecular weight excluding hydrogens is 404 g/mol. The third-order valence-corrected chi connectivity index (χ3v) is 5.26. The lowest BCUT2D eigenvalue weighted by Crippen LogP contribution is -2.29. The summed E-state index contributed by atoms with van der Waals surface area (Å²) < 4.78 is 6.03. The average Bonchev–Trinajstić information content (AvgIpc) is 3.13. The number of ether oxygens (including phenoxy) is 1. The largest absolute Gasteiger partial charge is 0.441 e. The summed E-state index contributed by atoms with van der Waals surface area (Å²) in [5.41, 5.74) is 2.65. The molecule has 32 heavy (non-hydrogen) atoms. The minimum Gasteiger partial charge on any atom is -0.441 e. The molecule has 3 aromatic carbocycles. The lowest BCUT2D eigenvalue weighted by atomic mass is 9.80. The van der Waals surface area contributed by atoms with E-state index in [4.69, 9.17) is 4.74 Å². The van der Waals surface area contributed by atoms with E-state index in [1.54, 1.807) is 36.4 Å². The predicted molar refractivity (Wildman–Crippen MR) is 122 cm³/mol. The van der Waals surface area contributed by atoms with E-state index in [1.807, 2.05) is 36.4 Å². The van der Waals surface area contributed by atoms with Crippen LogP contribution in [0.5, 0.6) is 0 Å². The van der Waals surface area contributed by atoms with E-state index in [0.29, 0.717) is 16.9 Å². The molecule has 0 unspecified atom stereocenters. The Labute approximate surface area is 185 Å². The molecule has 1 heterocycles. The number of hydrogen-bond donors (Lipinski definition) is 2. The van der Waals surface area contributed by atoms with E-state index in [0.717, 1.165) is 16.7 Å². The molecule has 2 N–H and O–H groups in total. The summed E-state index contributed by atoms with van der Waals surface area (Å²) in [6.45, 7) is 6.90. The van der Waals surface area contributed by atoms with Crippen LogP contribution in [0.15, 0.2) is 98.1 Å². The van der Waals surface area contributed by atoms with Gasteiger partial charge in [0, 0.05) is 28.1 Å². The van der Waals surface area contributed by atoms with Gasteiger partial charge in [-0.15, -0.1) is 0 Å². The van der Waals surface area contributed by atoms with Gasteiger partial charge in [0.25, 0.3) is 0 Å². The highest BCUT2D eigenvalue weighted by atomic mass is 16.6. The van der Waals surface area contributed by atoms with Gasteiger partial charge in [0.2, 0.25) is 11.8 Å². The van der Waals surface area contributed by atoms with Gasteiger partial charge in [0.15, 0.2) is 5.60 Å². The maximum absolute atomic E-state index is 12.8. The Balaban J connectivity index is 1.82. The van der Waals surface area contributed by atoms with Gasteiger partial charge in [0.1, 0.15) is 0 Å². The molecule has 1 aliphatic heterocycles. The number of cyclic esters (lactones) is 1. The van der Waals surface area contributed by atoms with Gasteiger partial charge < -0.3 is 15.4 Å². The third-order valence-electron chi connectivity index (χ3n) is 5.26. The van der Waals surface area contributed by atoms with Crippen LogP contribution in [0.4, 0.5) is 11.4 Å². The maximum Gasteiger partial charge on any atom is 0.340 e. The van der Waals surface area contributed by atoms with Gasteiger partial charge >= 0.3 is 5.97 Å². The molecule has 0 radical (unpaired) electrons. The molecule has 0 saturated heterocycles.